The van der Waals surface area contributed by atoms with Crippen LogP contribution in [0.5, 0.6) is 11.5 Å². The molecule has 8 nitrogen and oxygen atoms in total. The van der Waals surface area contributed by atoms with Crippen molar-refractivity contribution in [1.29, 1.82) is 0 Å². The number of phenols is 1. The van der Waals surface area contributed by atoms with E-state index in [-0.39, 0.29) is 52.1 Å². The molecule has 4 atom stereocenters. The Morgan fingerprint density at radius 3 is 2.55 bits per heavy atom. The van der Waals surface area contributed by atoms with Gasteiger partial charge in [0.25, 0.3) is 11.8 Å². The van der Waals surface area contributed by atoms with E-state index in [1.807, 2.05) is 6.08 Å². The number of fused-ring (bicyclic) bond motifs is 3. The third kappa shape index (κ3) is 2.99. The highest BCUT2D eigenvalue weighted by Crippen LogP contribution is 2.56. The molecule has 0 bridgehead atoms. The van der Waals surface area contributed by atoms with Crippen LogP contribution in [0, 0.1) is 17.8 Å². The molecule has 5 rings (SSSR count). The normalized spacial score (nSPS) is 28.9. The van der Waals surface area contributed by atoms with Crippen molar-refractivity contribution < 1.29 is 34.2 Å². The minimum absolute atomic E-state index is 0.103. The molecule has 1 saturated heterocycles. The maximum Gasteiger partial charge on any atom is 0.257 e. The van der Waals surface area contributed by atoms with Crippen LogP contribution >= 0.6 is 15.9 Å². The van der Waals surface area contributed by atoms with Gasteiger partial charge in [0.2, 0.25) is 0 Å². The number of carbonyl (C=O) groups excluding carboxylic acids is 4. The number of carbonyl (C=O) groups is 4. The van der Waals surface area contributed by atoms with E-state index in [0.717, 1.165) is 0 Å². The Hall–Kier alpha value is -3.04. The molecule has 33 heavy (non-hydrogen) atoms. The highest BCUT2D eigenvalue weighted by molar-refractivity contribution is 9.10. The molecule has 9 heteroatoms. The molecule has 3 aliphatic carbocycles. The first-order valence-electron chi connectivity index (χ1n) is 10.5. The van der Waals surface area contributed by atoms with E-state index < -0.39 is 35.5 Å². The summed E-state index contributed by atoms with van der Waals surface area (Å²) in [6, 6.07) is 3.25. The number of ketones is 2. The molecule has 0 aromatic heterocycles. The molecule has 0 saturated carbocycles. The number of ether oxygens (including phenoxy) is 1. The van der Waals surface area contributed by atoms with E-state index in [2.05, 4.69) is 15.9 Å². The lowest BCUT2D eigenvalue weighted by Gasteiger charge is -2.42. The molecule has 2 N–H and O–H groups in total. The third-order valence-electron chi connectivity index (χ3n) is 7.14. The second kappa shape index (κ2) is 7.50. The fraction of sp³-hybridized carbons (Fsp3) is 0.333. The Labute approximate surface area is 197 Å². The predicted molar refractivity (Wildman–Crippen MR) is 117 cm³/mol. The SMILES string of the molecule is COc1cc(Br)cc([C@H]2C3=CC[C@@H]4C(=O)N(O)C(=O)[C@@H]4[C@@H]3CC3=C2C(=O)C(C)=CC3=O)c1O. The fourth-order valence-corrected chi connectivity index (χ4v) is 6.12. The number of imide groups is 1. The minimum atomic E-state index is -0.842. The molecule has 170 valence electrons. The quantitative estimate of drug-likeness (QED) is 0.270. The number of allylic oxidation sites excluding steroid dienone is 6. The second-order valence-electron chi connectivity index (χ2n) is 8.76. The van der Waals surface area contributed by atoms with Gasteiger partial charge in [-0.3, -0.25) is 24.4 Å². The van der Waals surface area contributed by atoms with Crippen LogP contribution in [0.1, 0.15) is 31.2 Å². The number of phenolic OH excluding ortho intramolecular Hbond substituents is 1. The average Bonchev–Trinajstić information content (AvgIpc) is 3.01. The van der Waals surface area contributed by atoms with Crippen LogP contribution < -0.4 is 4.74 Å². The number of rotatable bonds is 2. The molecular weight excluding hydrogens is 494 g/mol. The van der Waals surface area contributed by atoms with Crippen LogP contribution in [0.2, 0.25) is 0 Å². The number of Topliss-reactive ketones (excluding diaryl/α,β-unsaturated/α-hetero) is 1. The predicted octanol–water partition coefficient (Wildman–Crippen LogP) is 2.98. The van der Waals surface area contributed by atoms with Gasteiger partial charge >= 0.3 is 0 Å². The minimum Gasteiger partial charge on any atom is -0.504 e. The molecule has 1 aromatic carbocycles. The van der Waals surface area contributed by atoms with Gasteiger partial charge in [0.1, 0.15) is 0 Å². The number of amides is 2. The Morgan fingerprint density at radius 2 is 1.85 bits per heavy atom. The summed E-state index contributed by atoms with van der Waals surface area (Å²) in [4.78, 5) is 51.5. The topological polar surface area (TPSA) is 121 Å². The monoisotopic (exact) mass is 513 g/mol. The van der Waals surface area contributed by atoms with E-state index in [1.165, 1.54) is 13.2 Å². The van der Waals surface area contributed by atoms with E-state index in [9.17, 15) is 29.5 Å². The molecule has 1 aliphatic heterocycles. The molecule has 4 aliphatic rings. The van der Waals surface area contributed by atoms with Gasteiger partial charge < -0.3 is 9.84 Å². The van der Waals surface area contributed by atoms with Crippen molar-refractivity contribution in [2.24, 2.45) is 17.8 Å². The van der Waals surface area contributed by atoms with Crippen molar-refractivity contribution in [3.63, 3.8) is 0 Å². The Morgan fingerprint density at radius 1 is 1.12 bits per heavy atom. The molecule has 1 aromatic rings. The van der Waals surface area contributed by atoms with Crippen LogP contribution in [0.15, 0.2) is 51.0 Å². The number of hydroxylamine groups is 2. The Kier molecular flexibility index (Phi) is 4.95. The number of hydrogen-bond donors (Lipinski definition) is 2. The van der Waals surface area contributed by atoms with E-state index in [1.54, 1.807) is 19.1 Å². The summed E-state index contributed by atoms with van der Waals surface area (Å²) in [5.41, 5.74) is 1.88. The van der Waals surface area contributed by atoms with Gasteiger partial charge in [-0.1, -0.05) is 27.6 Å². The summed E-state index contributed by atoms with van der Waals surface area (Å²) >= 11 is 3.41. The first-order valence-corrected chi connectivity index (χ1v) is 11.3. The molecule has 1 fully saturated rings. The average molecular weight is 514 g/mol. The van der Waals surface area contributed by atoms with Gasteiger partial charge in [0.05, 0.1) is 18.9 Å². The van der Waals surface area contributed by atoms with Crippen molar-refractivity contribution >= 4 is 39.3 Å². The van der Waals surface area contributed by atoms with E-state index >= 15 is 0 Å². The van der Waals surface area contributed by atoms with Gasteiger partial charge in [-0.05, 0) is 43.9 Å². The molecular formula is C24H20BrNO7. The molecule has 1 heterocycles. The summed E-state index contributed by atoms with van der Waals surface area (Å²) in [6.45, 7) is 1.57. The third-order valence-corrected chi connectivity index (χ3v) is 7.60. The molecule has 2 amide bonds. The molecule has 0 radical (unpaired) electrons. The van der Waals surface area contributed by atoms with Crippen LogP contribution in [0.4, 0.5) is 0 Å². The largest absolute Gasteiger partial charge is 0.504 e. The molecule has 0 spiro atoms. The van der Waals surface area contributed by atoms with E-state index in [0.29, 0.717) is 21.2 Å². The lowest BCUT2D eigenvalue weighted by Crippen LogP contribution is -2.39. The van der Waals surface area contributed by atoms with Crippen LogP contribution in [-0.2, 0) is 19.2 Å². The highest BCUT2D eigenvalue weighted by Gasteiger charge is 2.56. The van der Waals surface area contributed by atoms with Crippen molar-refractivity contribution in [3.8, 4) is 11.5 Å². The number of methoxy groups -OCH3 is 1. The van der Waals surface area contributed by atoms with Gasteiger partial charge in [-0.2, -0.15) is 5.06 Å². The lowest BCUT2D eigenvalue weighted by molar-refractivity contribution is -0.173. The van der Waals surface area contributed by atoms with Crippen LogP contribution in [-0.4, -0.2) is 45.9 Å². The van der Waals surface area contributed by atoms with Gasteiger partial charge in [0, 0.05) is 32.7 Å². The van der Waals surface area contributed by atoms with Gasteiger partial charge in [-0.25, -0.2) is 0 Å². The number of hydrogen-bond acceptors (Lipinski definition) is 7. The summed E-state index contributed by atoms with van der Waals surface area (Å²) in [5.74, 6) is -4.93. The number of benzene rings is 1. The number of halogens is 1. The zero-order chi connectivity index (χ0) is 23.8. The fourth-order valence-electron chi connectivity index (χ4n) is 5.67. The summed E-state index contributed by atoms with van der Waals surface area (Å²) in [6.07, 6.45) is 3.41. The highest BCUT2D eigenvalue weighted by atomic mass is 79.9. The van der Waals surface area contributed by atoms with Crippen molar-refractivity contribution in [1.82, 2.24) is 5.06 Å². The zero-order valence-electron chi connectivity index (χ0n) is 17.8. The number of nitrogens with zero attached hydrogens (tertiary/aromatic N) is 1. The van der Waals surface area contributed by atoms with Crippen molar-refractivity contribution in [2.75, 3.05) is 7.11 Å². The van der Waals surface area contributed by atoms with Crippen molar-refractivity contribution in [3.05, 3.63) is 56.6 Å². The smallest absolute Gasteiger partial charge is 0.257 e. The Bertz CT molecular complexity index is 1260. The zero-order valence-corrected chi connectivity index (χ0v) is 19.4. The van der Waals surface area contributed by atoms with Gasteiger partial charge in [-0.15, -0.1) is 0 Å². The second-order valence-corrected chi connectivity index (χ2v) is 9.68. The van der Waals surface area contributed by atoms with E-state index in [4.69, 9.17) is 4.74 Å². The maximum atomic E-state index is 13.3. The number of aromatic hydroxyl groups is 1. The Balaban J connectivity index is 1.77. The first kappa shape index (κ1) is 21.8. The standard InChI is InChI=1S/C24H20BrNO7/c1-9-5-16(27)14-8-13-11(3-4-12-19(13)24(31)26(32)23(12)30)18(20(14)21(9)28)15-6-10(25)7-17(33-2)22(15)29/h3,5-7,12-13,18-19,29,32H,4,8H2,1-2H3/t12-,13+,18+,19-/m0/s1. The summed E-state index contributed by atoms with van der Waals surface area (Å²) in [5, 5.41) is 21.2. The molecule has 0 unspecified atom stereocenters. The first-order chi connectivity index (χ1) is 15.6. The van der Waals surface area contributed by atoms with Crippen LogP contribution in [0.3, 0.4) is 0 Å². The van der Waals surface area contributed by atoms with Crippen molar-refractivity contribution in [2.45, 2.75) is 25.7 Å². The summed E-state index contributed by atoms with van der Waals surface area (Å²) < 4.78 is 5.89. The maximum absolute atomic E-state index is 13.3. The van der Waals surface area contributed by atoms with Gasteiger partial charge in [0.15, 0.2) is 23.1 Å². The lowest BCUT2D eigenvalue weighted by atomic mass is 9.59. The van der Waals surface area contributed by atoms with Crippen LogP contribution in [0.25, 0.3) is 0 Å². The summed E-state index contributed by atoms with van der Waals surface area (Å²) in [7, 11) is 1.41.